The van der Waals surface area contributed by atoms with Gasteiger partial charge in [0.25, 0.3) is 0 Å². The van der Waals surface area contributed by atoms with Gasteiger partial charge in [-0.2, -0.15) is 0 Å². The number of hydrogen-bond acceptors (Lipinski definition) is 4. The average molecular weight is 246 g/mol. The summed E-state index contributed by atoms with van der Waals surface area (Å²) in [4.78, 5) is 31.0. The Balaban J connectivity index is 2.55. The van der Waals surface area contributed by atoms with E-state index in [0.29, 0.717) is 23.4 Å². The van der Waals surface area contributed by atoms with Crippen LogP contribution in [0.1, 0.15) is 35.5 Å². The molecule has 1 aromatic heterocycles. The van der Waals surface area contributed by atoms with Crippen LogP contribution in [0, 0.1) is 0 Å². The summed E-state index contributed by atoms with van der Waals surface area (Å²) in [7, 11) is 0. The molecule has 1 aromatic rings. The van der Waals surface area contributed by atoms with Gasteiger partial charge < -0.3 is 11.5 Å². The molecule has 1 aliphatic rings. The molecule has 0 radical (unpaired) electrons. The summed E-state index contributed by atoms with van der Waals surface area (Å²) in [6, 6.07) is 1.64. The summed E-state index contributed by atoms with van der Waals surface area (Å²) in [5.41, 5.74) is 12.0. The van der Waals surface area contributed by atoms with Crippen molar-refractivity contribution in [3.8, 4) is 0 Å². The number of aromatic nitrogens is 1. The van der Waals surface area contributed by atoms with Crippen LogP contribution < -0.4 is 11.5 Å². The molecule has 2 heterocycles. The second-order valence-electron chi connectivity index (χ2n) is 4.61. The van der Waals surface area contributed by atoms with Gasteiger partial charge in [0.05, 0.1) is 17.0 Å². The molecule has 0 saturated heterocycles. The zero-order valence-corrected chi connectivity index (χ0v) is 10.2. The normalized spacial score (nSPS) is 22.0. The van der Waals surface area contributed by atoms with Crippen LogP contribution in [0.25, 0.3) is 0 Å². The van der Waals surface area contributed by atoms with Crippen LogP contribution in [-0.2, 0) is 11.2 Å². The molecule has 94 valence electrons. The minimum Gasteiger partial charge on any atom is -0.368 e. The molecule has 0 saturated carbocycles. The zero-order valence-electron chi connectivity index (χ0n) is 10.2. The van der Waals surface area contributed by atoms with Crippen LogP contribution in [0.5, 0.6) is 0 Å². The molecular formula is C12H14N4O2. The molecule has 1 atom stereocenters. The van der Waals surface area contributed by atoms with Gasteiger partial charge in [0.15, 0.2) is 0 Å². The van der Waals surface area contributed by atoms with Gasteiger partial charge in [0, 0.05) is 12.6 Å². The molecule has 2 rings (SSSR count). The van der Waals surface area contributed by atoms with E-state index in [4.69, 9.17) is 11.5 Å². The third-order valence-electron chi connectivity index (χ3n) is 3.07. The van der Waals surface area contributed by atoms with Crippen LogP contribution >= 0.6 is 0 Å². The average Bonchev–Trinajstić information content (AvgIpc) is 2.27. The molecule has 0 aliphatic carbocycles. The summed E-state index contributed by atoms with van der Waals surface area (Å²) < 4.78 is 0. The Kier molecular flexibility index (Phi) is 2.65. The quantitative estimate of drug-likeness (QED) is 0.752. The van der Waals surface area contributed by atoms with E-state index >= 15 is 0 Å². The topological polar surface area (TPSA) is 111 Å². The fourth-order valence-corrected chi connectivity index (χ4v) is 2.08. The van der Waals surface area contributed by atoms with Crippen molar-refractivity contribution in [1.29, 1.82) is 0 Å². The summed E-state index contributed by atoms with van der Waals surface area (Å²) >= 11 is 0. The van der Waals surface area contributed by atoms with Crippen LogP contribution in [0.15, 0.2) is 17.3 Å². The number of amides is 2. The molecule has 1 aliphatic heterocycles. The van der Waals surface area contributed by atoms with Gasteiger partial charge in [-0.1, -0.05) is 0 Å². The predicted octanol–water partition coefficient (Wildman–Crippen LogP) is -0.210. The Labute approximate surface area is 104 Å². The van der Waals surface area contributed by atoms with E-state index < -0.39 is 17.4 Å². The number of pyridine rings is 1. The van der Waals surface area contributed by atoms with Gasteiger partial charge in [0.1, 0.15) is 5.54 Å². The standard InChI is InChI=1S/C12H14N4O2/c1-6-9-7(3-8(5-15-9)10(13)17)4-12(2,16-6)11(14)18/h3,5H,4H2,1-2H3,(H2,13,17)(H2,14,18). The van der Waals surface area contributed by atoms with E-state index in [1.807, 2.05) is 0 Å². The van der Waals surface area contributed by atoms with Crippen molar-refractivity contribution in [2.75, 3.05) is 0 Å². The van der Waals surface area contributed by atoms with Gasteiger partial charge in [-0.25, -0.2) is 0 Å². The largest absolute Gasteiger partial charge is 0.368 e. The van der Waals surface area contributed by atoms with Crippen molar-refractivity contribution in [1.82, 2.24) is 4.98 Å². The van der Waals surface area contributed by atoms with Crippen molar-refractivity contribution in [2.24, 2.45) is 16.5 Å². The van der Waals surface area contributed by atoms with Crippen molar-refractivity contribution in [2.45, 2.75) is 25.8 Å². The second-order valence-corrected chi connectivity index (χ2v) is 4.61. The van der Waals surface area contributed by atoms with E-state index in [2.05, 4.69) is 9.98 Å². The molecule has 18 heavy (non-hydrogen) atoms. The first kappa shape index (κ1) is 12.2. The number of fused-ring (bicyclic) bond motifs is 1. The van der Waals surface area contributed by atoms with Gasteiger partial charge >= 0.3 is 0 Å². The monoisotopic (exact) mass is 246 g/mol. The van der Waals surface area contributed by atoms with Crippen molar-refractivity contribution in [3.05, 3.63) is 29.1 Å². The summed E-state index contributed by atoms with van der Waals surface area (Å²) in [6.45, 7) is 3.43. The summed E-state index contributed by atoms with van der Waals surface area (Å²) in [6.07, 6.45) is 1.73. The van der Waals surface area contributed by atoms with Gasteiger partial charge in [-0.3, -0.25) is 19.6 Å². The maximum absolute atomic E-state index is 11.5. The first-order valence-corrected chi connectivity index (χ1v) is 5.49. The van der Waals surface area contributed by atoms with Crippen molar-refractivity contribution < 1.29 is 9.59 Å². The third kappa shape index (κ3) is 1.85. The predicted molar refractivity (Wildman–Crippen MR) is 66.3 cm³/mol. The van der Waals surface area contributed by atoms with Crippen LogP contribution in [0.4, 0.5) is 0 Å². The highest BCUT2D eigenvalue weighted by atomic mass is 16.1. The number of aliphatic imine (C=N–C) groups is 1. The Bertz CT molecular complexity index is 579. The maximum atomic E-state index is 11.5. The van der Waals surface area contributed by atoms with E-state index in [1.54, 1.807) is 19.9 Å². The second kappa shape index (κ2) is 3.90. The molecule has 6 heteroatoms. The zero-order chi connectivity index (χ0) is 13.5. The number of carbonyl (C=O) groups excluding carboxylic acids is 2. The molecule has 0 spiro atoms. The third-order valence-corrected chi connectivity index (χ3v) is 3.07. The first-order chi connectivity index (χ1) is 8.33. The summed E-state index contributed by atoms with van der Waals surface area (Å²) in [5, 5.41) is 0. The lowest BCUT2D eigenvalue weighted by Crippen LogP contribution is -2.44. The summed E-state index contributed by atoms with van der Waals surface area (Å²) in [5.74, 6) is -1.05. The number of nitrogens with two attached hydrogens (primary N) is 2. The van der Waals surface area contributed by atoms with Gasteiger partial charge in [0.2, 0.25) is 11.8 Å². The highest BCUT2D eigenvalue weighted by molar-refractivity contribution is 6.03. The fraction of sp³-hybridized carbons (Fsp3) is 0.333. The molecule has 1 unspecified atom stereocenters. The van der Waals surface area contributed by atoms with Crippen molar-refractivity contribution >= 4 is 17.5 Å². The smallest absolute Gasteiger partial charge is 0.250 e. The highest BCUT2D eigenvalue weighted by Crippen LogP contribution is 2.26. The minimum atomic E-state index is -0.991. The van der Waals surface area contributed by atoms with Gasteiger partial charge in [-0.15, -0.1) is 0 Å². The van der Waals surface area contributed by atoms with Crippen molar-refractivity contribution in [3.63, 3.8) is 0 Å². The molecular weight excluding hydrogens is 232 g/mol. The van der Waals surface area contributed by atoms with E-state index in [9.17, 15) is 9.59 Å². The molecule has 6 nitrogen and oxygen atoms in total. The Hall–Kier alpha value is -2.24. The number of hydrogen-bond donors (Lipinski definition) is 2. The number of carbonyl (C=O) groups is 2. The number of primary amides is 2. The Morgan fingerprint density at radius 3 is 2.61 bits per heavy atom. The number of nitrogens with zero attached hydrogens (tertiary/aromatic N) is 2. The number of rotatable bonds is 2. The van der Waals surface area contributed by atoms with Crippen LogP contribution in [0.2, 0.25) is 0 Å². The van der Waals surface area contributed by atoms with Crippen LogP contribution in [0.3, 0.4) is 0 Å². The maximum Gasteiger partial charge on any atom is 0.250 e. The molecule has 0 aromatic carbocycles. The lowest BCUT2D eigenvalue weighted by Gasteiger charge is -2.28. The molecule has 0 fully saturated rings. The van der Waals surface area contributed by atoms with Crippen LogP contribution in [-0.4, -0.2) is 28.0 Å². The highest BCUT2D eigenvalue weighted by Gasteiger charge is 2.35. The van der Waals surface area contributed by atoms with E-state index in [1.165, 1.54) is 6.20 Å². The SMILES string of the molecule is CC1=NC(C)(C(N)=O)Cc2cc(C(N)=O)cnc21. The van der Waals surface area contributed by atoms with Gasteiger partial charge in [-0.05, 0) is 25.5 Å². The first-order valence-electron chi connectivity index (χ1n) is 5.49. The molecule has 2 amide bonds. The molecule has 0 bridgehead atoms. The van der Waals surface area contributed by atoms with E-state index in [0.717, 1.165) is 5.56 Å². The Morgan fingerprint density at radius 1 is 1.39 bits per heavy atom. The van der Waals surface area contributed by atoms with E-state index in [-0.39, 0.29) is 0 Å². The fourth-order valence-electron chi connectivity index (χ4n) is 2.08. The minimum absolute atomic E-state index is 0.315. The lowest BCUT2D eigenvalue weighted by atomic mass is 9.87. The molecule has 4 N–H and O–H groups in total. The Morgan fingerprint density at radius 2 is 2.06 bits per heavy atom. The lowest BCUT2D eigenvalue weighted by molar-refractivity contribution is -0.122.